The van der Waals surface area contributed by atoms with Crippen molar-refractivity contribution in [2.75, 3.05) is 17.6 Å². The van der Waals surface area contributed by atoms with Crippen LogP contribution in [0.15, 0.2) is 30.3 Å². The molecule has 0 unspecified atom stereocenters. The van der Waals surface area contributed by atoms with Gasteiger partial charge < -0.3 is 5.32 Å². The van der Waals surface area contributed by atoms with Crippen LogP contribution in [0.2, 0.25) is 0 Å². The minimum absolute atomic E-state index is 0.148. The molecule has 1 heterocycles. The van der Waals surface area contributed by atoms with E-state index in [-0.39, 0.29) is 12.3 Å². The van der Waals surface area contributed by atoms with Crippen molar-refractivity contribution in [3.63, 3.8) is 0 Å². The molecule has 7 heteroatoms. The highest BCUT2D eigenvalue weighted by Gasteiger charge is 2.06. The van der Waals surface area contributed by atoms with Crippen LogP contribution >= 0.6 is 0 Å². The third kappa shape index (κ3) is 3.40. The van der Waals surface area contributed by atoms with Crippen LogP contribution in [-0.4, -0.2) is 25.7 Å². The summed E-state index contributed by atoms with van der Waals surface area (Å²) in [6.45, 7) is 0.148. The average molecular weight is 276 g/mol. The molecule has 0 atom stereocenters. The smallest absolute Gasteiger partial charge is 0.210 e. The fraction of sp³-hybridized carbons (Fsp3) is 0.167. The highest BCUT2D eigenvalue weighted by molar-refractivity contribution is 7.89. The first-order valence-corrected chi connectivity index (χ1v) is 7.25. The topological polar surface area (TPSA) is 109 Å². The second-order valence-electron chi connectivity index (χ2n) is 3.98. The first kappa shape index (κ1) is 13.3. The third-order valence-electron chi connectivity index (χ3n) is 2.53. The summed E-state index contributed by atoms with van der Waals surface area (Å²) >= 11 is 0. The normalized spacial score (nSPS) is 11.2. The van der Waals surface area contributed by atoms with Crippen LogP contribution in [-0.2, 0) is 10.0 Å². The molecule has 1 aromatic carbocycles. The van der Waals surface area contributed by atoms with E-state index < -0.39 is 10.0 Å². The number of nitriles is 1. The number of hydrogen-bond acceptors (Lipinski definition) is 5. The highest BCUT2D eigenvalue weighted by atomic mass is 32.2. The molecule has 2 rings (SSSR count). The Morgan fingerprint density at radius 1 is 1.37 bits per heavy atom. The molecular formula is C12H12N4O2S. The summed E-state index contributed by atoms with van der Waals surface area (Å²) < 4.78 is 21.6. The molecule has 0 saturated heterocycles. The third-order valence-corrected chi connectivity index (χ3v) is 3.30. The largest absolute Gasteiger partial charge is 0.369 e. The quantitative estimate of drug-likeness (QED) is 0.858. The Hall–Kier alpha value is -2.17. The van der Waals surface area contributed by atoms with Gasteiger partial charge in [-0.2, -0.15) is 5.26 Å². The monoisotopic (exact) mass is 276 g/mol. The SMILES string of the molecule is N#Cc1cc(NCCS(N)(=O)=O)nc2ccccc12. The van der Waals surface area contributed by atoms with Crippen LogP contribution in [0.3, 0.4) is 0 Å². The number of pyridine rings is 1. The van der Waals surface area contributed by atoms with Crippen LogP contribution in [0.25, 0.3) is 10.9 Å². The molecule has 0 aliphatic carbocycles. The Morgan fingerprint density at radius 3 is 2.79 bits per heavy atom. The highest BCUT2D eigenvalue weighted by Crippen LogP contribution is 2.19. The Balaban J connectivity index is 2.28. The summed E-state index contributed by atoms with van der Waals surface area (Å²) in [5.74, 6) is 0.266. The molecular weight excluding hydrogens is 264 g/mol. The number of benzene rings is 1. The van der Waals surface area contributed by atoms with Gasteiger partial charge in [-0.05, 0) is 12.1 Å². The first-order chi connectivity index (χ1) is 8.99. The fourth-order valence-electron chi connectivity index (χ4n) is 1.68. The van der Waals surface area contributed by atoms with Crippen LogP contribution in [0.5, 0.6) is 0 Å². The number of sulfonamides is 1. The zero-order valence-corrected chi connectivity index (χ0v) is 10.8. The van der Waals surface area contributed by atoms with Crippen molar-refractivity contribution >= 4 is 26.7 Å². The molecule has 0 aliphatic rings. The lowest BCUT2D eigenvalue weighted by Crippen LogP contribution is -2.22. The number of rotatable bonds is 4. The van der Waals surface area contributed by atoms with Crippen molar-refractivity contribution < 1.29 is 8.42 Å². The van der Waals surface area contributed by atoms with E-state index in [9.17, 15) is 8.42 Å². The maximum Gasteiger partial charge on any atom is 0.210 e. The minimum atomic E-state index is -3.51. The van der Waals surface area contributed by atoms with Gasteiger partial charge in [0, 0.05) is 11.9 Å². The van der Waals surface area contributed by atoms with E-state index in [1.165, 1.54) is 0 Å². The van der Waals surface area contributed by atoms with Crippen LogP contribution in [0.1, 0.15) is 5.56 Å². The second kappa shape index (κ2) is 5.22. The summed E-state index contributed by atoms with van der Waals surface area (Å²) in [6.07, 6.45) is 0. The maximum atomic E-state index is 10.8. The zero-order valence-electron chi connectivity index (χ0n) is 10.00. The Labute approximate surface area is 110 Å². The van der Waals surface area contributed by atoms with E-state index in [0.717, 1.165) is 5.39 Å². The van der Waals surface area contributed by atoms with Crippen molar-refractivity contribution in [3.05, 3.63) is 35.9 Å². The number of hydrogen-bond donors (Lipinski definition) is 2. The molecule has 0 bridgehead atoms. The Kier molecular flexibility index (Phi) is 3.64. The maximum absolute atomic E-state index is 10.8. The molecule has 0 radical (unpaired) electrons. The van der Waals surface area contributed by atoms with Crippen LogP contribution in [0, 0.1) is 11.3 Å². The number of para-hydroxylation sites is 1. The first-order valence-electron chi connectivity index (χ1n) is 5.54. The molecule has 0 saturated carbocycles. The van der Waals surface area contributed by atoms with Gasteiger partial charge in [0.05, 0.1) is 22.9 Å². The summed E-state index contributed by atoms with van der Waals surface area (Å²) in [5.41, 5.74) is 1.17. The van der Waals surface area contributed by atoms with Crippen LogP contribution in [0.4, 0.5) is 5.82 Å². The fourth-order valence-corrected chi connectivity index (χ4v) is 2.07. The van der Waals surface area contributed by atoms with E-state index in [2.05, 4.69) is 16.4 Å². The van der Waals surface area contributed by atoms with Gasteiger partial charge in [0.15, 0.2) is 0 Å². The molecule has 6 nitrogen and oxygen atoms in total. The molecule has 2 aromatic rings. The van der Waals surface area contributed by atoms with Gasteiger partial charge in [-0.25, -0.2) is 18.5 Å². The second-order valence-corrected chi connectivity index (χ2v) is 5.71. The Morgan fingerprint density at radius 2 is 2.11 bits per heavy atom. The van der Waals surface area contributed by atoms with E-state index in [1.807, 2.05) is 18.2 Å². The summed E-state index contributed by atoms with van der Waals surface area (Å²) in [6, 6.07) is 10.9. The molecule has 0 aliphatic heterocycles. The molecule has 98 valence electrons. The van der Waals surface area contributed by atoms with Crippen molar-refractivity contribution in [1.82, 2.24) is 4.98 Å². The number of nitrogens with one attached hydrogen (secondary N) is 1. The van der Waals surface area contributed by atoms with Gasteiger partial charge in [-0.1, -0.05) is 18.2 Å². The molecule has 19 heavy (non-hydrogen) atoms. The molecule has 1 aromatic heterocycles. The number of anilines is 1. The number of nitrogens with zero attached hydrogens (tertiary/aromatic N) is 2. The number of aromatic nitrogens is 1. The predicted molar refractivity (Wildman–Crippen MR) is 72.9 cm³/mol. The molecule has 0 amide bonds. The number of nitrogens with two attached hydrogens (primary N) is 1. The van der Waals surface area contributed by atoms with Gasteiger partial charge in [-0.3, -0.25) is 0 Å². The minimum Gasteiger partial charge on any atom is -0.369 e. The lowest BCUT2D eigenvalue weighted by atomic mass is 10.1. The van der Waals surface area contributed by atoms with Crippen molar-refractivity contribution in [1.29, 1.82) is 5.26 Å². The van der Waals surface area contributed by atoms with Crippen LogP contribution < -0.4 is 10.5 Å². The van der Waals surface area contributed by atoms with Crippen molar-refractivity contribution in [3.8, 4) is 6.07 Å². The van der Waals surface area contributed by atoms with Gasteiger partial charge in [0.25, 0.3) is 0 Å². The van der Waals surface area contributed by atoms with E-state index >= 15 is 0 Å². The zero-order chi connectivity index (χ0) is 13.9. The van der Waals surface area contributed by atoms with Crippen molar-refractivity contribution in [2.24, 2.45) is 5.14 Å². The van der Waals surface area contributed by atoms with Gasteiger partial charge in [-0.15, -0.1) is 0 Å². The number of fused-ring (bicyclic) bond motifs is 1. The number of primary sulfonamides is 1. The van der Waals surface area contributed by atoms with Gasteiger partial charge in [0.2, 0.25) is 10.0 Å². The van der Waals surface area contributed by atoms with E-state index in [4.69, 9.17) is 10.4 Å². The molecule has 0 spiro atoms. The molecule has 0 fully saturated rings. The van der Waals surface area contributed by atoms with Gasteiger partial charge >= 0.3 is 0 Å². The van der Waals surface area contributed by atoms with Crippen molar-refractivity contribution in [2.45, 2.75) is 0 Å². The standard InChI is InChI=1S/C12H12N4O2S/c13-8-9-7-12(15-5-6-19(14,17)18)16-11-4-2-1-3-10(9)11/h1-4,7H,5-6H2,(H,15,16)(H2,14,17,18). The summed E-state index contributed by atoms with van der Waals surface area (Å²) in [5, 5.41) is 17.6. The predicted octanol–water partition coefficient (Wildman–Crippen LogP) is 0.807. The van der Waals surface area contributed by atoms with E-state index in [1.54, 1.807) is 12.1 Å². The lowest BCUT2D eigenvalue weighted by Gasteiger charge is -2.07. The summed E-state index contributed by atoms with van der Waals surface area (Å²) in [7, 11) is -3.51. The molecule has 3 N–H and O–H groups in total. The van der Waals surface area contributed by atoms with Gasteiger partial charge in [0.1, 0.15) is 5.82 Å². The summed E-state index contributed by atoms with van der Waals surface area (Å²) in [4.78, 5) is 4.31. The lowest BCUT2D eigenvalue weighted by molar-refractivity contribution is 0.598. The van der Waals surface area contributed by atoms with E-state index in [0.29, 0.717) is 16.9 Å². The Bertz CT molecular complexity index is 750. The average Bonchev–Trinajstić information content (AvgIpc) is 2.36.